The molecule has 1 atom stereocenters. The molecule has 0 fully saturated rings. The zero-order valence-electron chi connectivity index (χ0n) is 14.1. The van der Waals surface area contributed by atoms with Crippen LogP contribution in [-0.2, 0) is 0 Å². The summed E-state index contributed by atoms with van der Waals surface area (Å²) in [4.78, 5) is 16.4. The Morgan fingerprint density at radius 1 is 1.12 bits per heavy atom. The van der Waals surface area contributed by atoms with Crippen molar-refractivity contribution in [2.75, 3.05) is 25.5 Å². The van der Waals surface area contributed by atoms with E-state index in [0.717, 1.165) is 33.4 Å². The third-order valence-corrected chi connectivity index (χ3v) is 4.44. The summed E-state index contributed by atoms with van der Waals surface area (Å²) in [5.41, 5.74) is 5.06. The molecule has 3 aromatic rings. The SMILES string of the molecule is Cc1[nH]c2ccccc2c1[C@@H](C[N+](=O)[O-])c1ccc(N(C)C)cc1. The minimum atomic E-state index is -0.271. The van der Waals surface area contributed by atoms with Crippen LogP contribution in [0.15, 0.2) is 48.5 Å². The van der Waals surface area contributed by atoms with Crippen molar-refractivity contribution in [3.8, 4) is 0 Å². The minimum Gasteiger partial charge on any atom is -0.378 e. The number of hydrogen-bond donors (Lipinski definition) is 1. The van der Waals surface area contributed by atoms with Gasteiger partial charge in [-0.25, -0.2) is 0 Å². The molecule has 0 amide bonds. The number of rotatable bonds is 5. The van der Waals surface area contributed by atoms with Crippen LogP contribution in [0.1, 0.15) is 22.7 Å². The highest BCUT2D eigenvalue weighted by Gasteiger charge is 2.25. The molecular formula is C19H21N3O2. The van der Waals surface area contributed by atoms with Gasteiger partial charge in [0.05, 0.1) is 5.92 Å². The number of aromatic nitrogens is 1. The summed E-state index contributed by atoms with van der Waals surface area (Å²) in [7, 11) is 3.96. The Morgan fingerprint density at radius 2 is 1.79 bits per heavy atom. The molecule has 3 rings (SSSR count). The predicted octanol–water partition coefficient (Wildman–Crippen LogP) is 3.95. The molecule has 124 valence electrons. The van der Waals surface area contributed by atoms with Crippen LogP contribution >= 0.6 is 0 Å². The van der Waals surface area contributed by atoms with Crippen LogP contribution in [0.25, 0.3) is 10.9 Å². The fraction of sp³-hybridized carbons (Fsp3) is 0.263. The van der Waals surface area contributed by atoms with Crippen molar-refractivity contribution >= 4 is 16.6 Å². The summed E-state index contributed by atoms with van der Waals surface area (Å²) in [6, 6.07) is 16.0. The van der Waals surface area contributed by atoms with Crippen LogP contribution in [0.3, 0.4) is 0 Å². The molecule has 0 bridgehead atoms. The molecule has 0 saturated heterocycles. The molecule has 0 aliphatic heterocycles. The van der Waals surface area contributed by atoms with Gasteiger partial charge < -0.3 is 9.88 Å². The van der Waals surface area contributed by atoms with Gasteiger partial charge in [0.1, 0.15) is 0 Å². The number of nitrogens with one attached hydrogen (secondary N) is 1. The Hall–Kier alpha value is -2.82. The number of H-pyrrole nitrogens is 1. The molecular weight excluding hydrogens is 302 g/mol. The van der Waals surface area contributed by atoms with Crippen molar-refractivity contribution in [3.63, 3.8) is 0 Å². The van der Waals surface area contributed by atoms with Gasteiger partial charge in [0.2, 0.25) is 6.54 Å². The molecule has 2 aromatic carbocycles. The van der Waals surface area contributed by atoms with Crippen LogP contribution < -0.4 is 4.90 Å². The molecule has 0 spiro atoms. The first-order valence-electron chi connectivity index (χ1n) is 7.93. The summed E-state index contributed by atoms with van der Waals surface area (Å²) in [5, 5.41) is 12.3. The minimum absolute atomic E-state index is 0.121. The summed E-state index contributed by atoms with van der Waals surface area (Å²) in [6.07, 6.45) is 0. The van der Waals surface area contributed by atoms with E-state index in [1.54, 1.807) is 0 Å². The van der Waals surface area contributed by atoms with E-state index in [9.17, 15) is 10.1 Å². The van der Waals surface area contributed by atoms with Crippen molar-refractivity contribution in [2.45, 2.75) is 12.8 Å². The van der Waals surface area contributed by atoms with E-state index in [2.05, 4.69) is 4.98 Å². The second kappa shape index (κ2) is 6.35. The number of fused-ring (bicyclic) bond motifs is 1. The molecule has 0 aliphatic carbocycles. The lowest BCUT2D eigenvalue weighted by molar-refractivity contribution is -0.481. The van der Waals surface area contributed by atoms with E-state index in [-0.39, 0.29) is 17.4 Å². The first-order valence-corrected chi connectivity index (χ1v) is 7.93. The van der Waals surface area contributed by atoms with Crippen LogP contribution in [0.2, 0.25) is 0 Å². The Bertz CT molecular complexity index is 866. The summed E-state index contributed by atoms with van der Waals surface area (Å²) in [5.74, 6) is -0.271. The van der Waals surface area contributed by atoms with Gasteiger partial charge in [-0.15, -0.1) is 0 Å². The average Bonchev–Trinajstić information content (AvgIpc) is 2.88. The maximum Gasteiger partial charge on any atom is 0.214 e. The lowest BCUT2D eigenvalue weighted by Gasteiger charge is -2.17. The predicted molar refractivity (Wildman–Crippen MR) is 97.5 cm³/mol. The number of para-hydroxylation sites is 1. The van der Waals surface area contributed by atoms with E-state index in [4.69, 9.17) is 0 Å². The standard InChI is InChI=1S/C19H21N3O2/c1-13-19(16-6-4-5-7-18(16)20-13)17(12-22(23)24)14-8-10-15(11-9-14)21(2)3/h4-11,17,20H,12H2,1-3H3/t17-/m0/s1. The molecule has 0 aliphatic rings. The highest BCUT2D eigenvalue weighted by Crippen LogP contribution is 2.34. The first-order chi connectivity index (χ1) is 11.5. The summed E-state index contributed by atoms with van der Waals surface area (Å²) < 4.78 is 0. The summed E-state index contributed by atoms with van der Waals surface area (Å²) >= 11 is 0. The van der Waals surface area contributed by atoms with Crippen molar-refractivity contribution in [1.29, 1.82) is 0 Å². The van der Waals surface area contributed by atoms with Gasteiger partial charge in [0, 0.05) is 41.3 Å². The highest BCUT2D eigenvalue weighted by atomic mass is 16.6. The lowest BCUT2D eigenvalue weighted by Crippen LogP contribution is -2.15. The fourth-order valence-corrected chi connectivity index (χ4v) is 3.26. The molecule has 0 saturated carbocycles. The van der Waals surface area contributed by atoms with Crippen molar-refractivity contribution < 1.29 is 4.92 Å². The second-order valence-electron chi connectivity index (χ2n) is 6.26. The third kappa shape index (κ3) is 2.97. The molecule has 5 nitrogen and oxygen atoms in total. The van der Waals surface area contributed by atoms with Gasteiger partial charge in [-0.05, 0) is 36.2 Å². The fourth-order valence-electron chi connectivity index (χ4n) is 3.26. The average molecular weight is 323 g/mol. The van der Waals surface area contributed by atoms with E-state index < -0.39 is 0 Å². The Balaban J connectivity index is 2.12. The highest BCUT2D eigenvalue weighted by molar-refractivity contribution is 5.85. The van der Waals surface area contributed by atoms with Gasteiger partial charge >= 0.3 is 0 Å². The maximum atomic E-state index is 11.3. The molecule has 1 aromatic heterocycles. The molecule has 1 N–H and O–H groups in total. The monoisotopic (exact) mass is 323 g/mol. The van der Waals surface area contributed by atoms with Gasteiger partial charge in [-0.3, -0.25) is 10.1 Å². The largest absolute Gasteiger partial charge is 0.378 e. The zero-order valence-corrected chi connectivity index (χ0v) is 14.1. The topological polar surface area (TPSA) is 62.2 Å². The number of aromatic amines is 1. The summed E-state index contributed by atoms with van der Waals surface area (Å²) in [6.45, 7) is 1.86. The second-order valence-corrected chi connectivity index (χ2v) is 6.26. The number of hydrogen-bond acceptors (Lipinski definition) is 3. The third-order valence-electron chi connectivity index (χ3n) is 4.44. The number of anilines is 1. The Kier molecular flexibility index (Phi) is 4.25. The number of benzene rings is 2. The first kappa shape index (κ1) is 16.1. The number of aryl methyl sites for hydroxylation is 1. The Labute approximate surface area is 141 Å². The van der Waals surface area contributed by atoms with E-state index in [0.29, 0.717) is 0 Å². The molecule has 0 radical (unpaired) electrons. The van der Waals surface area contributed by atoms with Crippen LogP contribution in [0, 0.1) is 17.0 Å². The van der Waals surface area contributed by atoms with E-state index >= 15 is 0 Å². The lowest BCUT2D eigenvalue weighted by atomic mass is 9.89. The number of nitrogens with zero attached hydrogens (tertiary/aromatic N) is 2. The van der Waals surface area contributed by atoms with Crippen molar-refractivity contribution in [3.05, 3.63) is 75.5 Å². The molecule has 5 heteroatoms. The van der Waals surface area contributed by atoms with Crippen molar-refractivity contribution in [2.24, 2.45) is 0 Å². The van der Waals surface area contributed by atoms with Gasteiger partial charge in [0.15, 0.2) is 0 Å². The molecule has 0 unspecified atom stereocenters. The molecule has 24 heavy (non-hydrogen) atoms. The van der Waals surface area contributed by atoms with Gasteiger partial charge in [-0.1, -0.05) is 30.3 Å². The van der Waals surface area contributed by atoms with Gasteiger partial charge in [-0.2, -0.15) is 0 Å². The van der Waals surface area contributed by atoms with E-state index in [1.807, 2.05) is 74.4 Å². The van der Waals surface area contributed by atoms with E-state index in [1.165, 1.54) is 0 Å². The van der Waals surface area contributed by atoms with Gasteiger partial charge in [0.25, 0.3) is 0 Å². The smallest absolute Gasteiger partial charge is 0.214 e. The van der Waals surface area contributed by atoms with Crippen LogP contribution in [-0.4, -0.2) is 30.5 Å². The van der Waals surface area contributed by atoms with Crippen LogP contribution in [0.5, 0.6) is 0 Å². The normalized spacial score (nSPS) is 12.3. The Morgan fingerprint density at radius 3 is 2.42 bits per heavy atom. The molecule has 1 heterocycles. The van der Waals surface area contributed by atoms with Crippen LogP contribution in [0.4, 0.5) is 5.69 Å². The zero-order chi connectivity index (χ0) is 17.3. The maximum absolute atomic E-state index is 11.3. The number of nitro groups is 1. The van der Waals surface area contributed by atoms with Crippen molar-refractivity contribution in [1.82, 2.24) is 4.98 Å². The quantitative estimate of drug-likeness (QED) is 0.571.